The first kappa shape index (κ1) is 13.3. The van der Waals surface area contributed by atoms with Crippen molar-refractivity contribution in [2.24, 2.45) is 0 Å². The number of nitrogens with one attached hydrogen (secondary N) is 1. The molecule has 0 aliphatic carbocycles. The summed E-state index contributed by atoms with van der Waals surface area (Å²) in [6, 6.07) is 8.51. The van der Waals surface area contributed by atoms with Crippen molar-refractivity contribution in [3.8, 4) is 0 Å². The highest BCUT2D eigenvalue weighted by Gasteiger charge is 2.14. The molecule has 3 aromatic heterocycles. The van der Waals surface area contributed by atoms with Crippen LogP contribution in [0.2, 0.25) is 0 Å². The number of halogens is 2. The van der Waals surface area contributed by atoms with Gasteiger partial charge in [-0.05, 0) is 52.2 Å². The lowest BCUT2D eigenvalue weighted by molar-refractivity contribution is 0.918. The summed E-state index contributed by atoms with van der Waals surface area (Å²) >= 11 is 7.16. The first-order valence-corrected chi connectivity index (χ1v) is 8.53. The van der Waals surface area contributed by atoms with Gasteiger partial charge in [0.1, 0.15) is 16.8 Å². The zero-order chi connectivity index (χ0) is 14.6. The molecular formula is C16H13Br2N3. The van der Waals surface area contributed by atoms with E-state index in [0.29, 0.717) is 0 Å². The Bertz CT molecular complexity index is 982. The summed E-state index contributed by atoms with van der Waals surface area (Å²) in [4.78, 5) is 8.30. The quantitative estimate of drug-likeness (QED) is 0.471. The molecule has 1 N–H and O–H groups in total. The summed E-state index contributed by atoms with van der Waals surface area (Å²) in [5, 5.41) is 1.13. The number of aryl methyl sites for hydroxylation is 1. The molecule has 5 heteroatoms. The molecule has 0 unspecified atom stereocenters. The lowest BCUT2D eigenvalue weighted by atomic mass is 10.1. The number of pyridine rings is 1. The molecule has 0 saturated heterocycles. The molecule has 0 spiro atoms. The topological polar surface area (TPSA) is 33.1 Å². The Morgan fingerprint density at radius 1 is 1.24 bits per heavy atom. The summed E-state index contributed by atoms with van der Waals surface area (Å²) in [5.74, 6) is 0. The van der Waals surface area contributed by atoms with E-state index in [2.05, 4.69) is 72.6 Å². The van der Waals surface area contributed by atoms with Crippen LogP contribution >= 0.6 is 31.9 Å². The molecule has 0 bridgehead atoms. The maximum Gasteiger partial charge on any atom is 0.143 e. The van der Waals surface area contributed by atoms with E-state index in [4.69, 9.17) is 4.98 Å². The minimum absolute atomic E-state index is 1.00. The lowest BCUT2D eigenvalue weighted by Crippen LogP contribution is -1.89. The van der Waals surface area contributed by atoms with Crippen molar-refractivity contribution in [1.29, 1.82) is 0 Å². The number of H-pyrrole nitrogens is 1. The summed E-state index contributed by atoms with van der Waals surface area (Å²) < 4.78 is 4.21. The van der Waals surface area contributed by atoms with E-state index in [1.807, 2.05) is 6.07 Å². The Kier molecular flexibility index (Phi) is 3.08. The van der Waals surface area contributed by atoms with Crippen molar-refractivity contribution in [2.45, 2.75) is 19.8 Å². The van der Waals surface area contributed by atoms with E-state index in [1.165, 1.54) is 5.56 Å². The Balaban J connectivity index is 2.08. The zero-order valence-corrected chi connectivity index (χ0v) is 14.6. The van der Waals surface area contributed by atoms with Gasteiger partial charge in [-0.3, -0.25) is 4.40 Å². The molecule has 0 aliphatic heterocycles. The molecule has 0 aliphatic rings. The second-order valence-electron chi connectivity index (χ2n) is 5.26. The first-order valence-electron chi connectivity index (χ1n) is 6.95. The minimum Gasteiger partial charge on any atom is -0.338 e. The van der Waals surface area contributed by atoms with Gasteiger partial charge in [0.05, 0.1) is 5.52 Å². The third-order valence-electron chi connectivity index (χ3n) is 3.78. The van der Waals surface area contributed by atoms with Crippen molar-refractivity contribution in [3.05, 3.63) is 45.0 Å². The smallest absolute Gasteiger partial charge is 0.143 e. The van der Waals surface area contributed by atoms with Crippen molar-refractivity contribution >= 4 is 59.6 Å². The fourth-order valence-corrected chi connectivity index (χ4v) is 4.17. The number of hydrogen-bond donors (Lipinski definition) is 1. The van der Waals surface area contributed by atoms with Gasteiger partial charge in [0.2, 0.25) is 0 Å². The Hall–Kier alpha value is -1.33. The second-order valence-corrected chi connectivity index (χ2v) is 7.03. The number of fused-ring (bicyclic) bond motifs is 5. The molecule has 106 valence electrons. The number of imidazole rings is 1. The largest absolute Gasteiger partial charge is 0.338 e. The van der Waals surface area contributed by atoms with Gasteiger partial charge in [0.15, 0.2) is 0 Å². The van der Waals surface area contributed by atoms with Gasteiger partial charge in [0.25, 0.3) is 0 Å². The summed E-state index contributed by atoms with van der Waals surface area (Å²) in [7, 11) is 0. The molecule has 21 heavy (non-hydrogen) atoms. The highest BCUT2D eigenvalue weighted by atomic mass is 79.9. The van der Waals surface area contributed by atoms with Crippen LogP contribution in [0.4, 0.5) is 0 Å². The molecule has 0 radical (unpaired) electrons. The van der Waals surface area contributed by atoms with E-state index in [-0.39, 0.29) is 0 Å². The standard InChI is InChI=1S/C16H13Br2N3/c1-2-3-9-4-5-21-13(6-9)19-15-11-7-10(17)8-12(18)14(11)20-16(15)21/h4-8,20H,2-3H2,1H3. The molecule has 4 rings (SSSR count). The van der Waals surface area contributed by atoms with E-state index in [0.717, 1.165) is 49.5 Å². The van der Waals surface area contributed by atoms with Crippen LogP contribution in [0.25, 0.3) is 27.7 Å². The maximum atomic E-state index is 4.82. The molecular weight excluding hydrogens is 394 g/mol. The molecule has 0 amide bonds. The number of nitrogens with zero attached hydrogens (tertiary/aromatic N) is 2. The number of rotatable bonds is 2. The SMILES string of the molecule is CCCc1ccn2c(c1)nc1c3cc(Br)cc(Br)c3[nH]c12. The minimum atomic E-state index is 1.00. The predicted molar refractivity (Wildman–Crippen MR) is 93.9 cm³/mol. The molecule has 3 heterocycles. The number of hydrogen-bond acceptors (Lipinski definition) is 1. The van der Waals surface area contributed by atoms with Gasteiger partial charge in [-0.15, -0.1) is 0 Å². The zero-order valence-electron chi connectivity index (χ0n) is 11.5. The number of aromatic amines is 1. The molecule has 3 nitrogen and oxygen atoms in total. The summed E-state index contributed by atoms with van der Waals surface area (Å²) in [6.45, 7) is 2.20. The summed E-state index contributed by atoms with van der Waals surface area (Å²) in [5.41, 5.74) is 5.48. The third-order valence-corrected chi connectivity index (χ3v) is 4.87. The van der Waals surface area contributed by atoms with Crippen LogP contribution in [0.5, 0.6) is 0 Å². The van der Waals surface area contributed by atoms with E-state index in [1.54, 1.807) is 0 Å². The van der Waals surface area contributed by atoms with Crippen molar-refractivity contribution < 1.29 is 0 Å². The van der Waals surface area contributed by atoms with Gasteiger partial charge >= 0.3 is 0 Å². The van der Waals surface area contributed by atoms with Crippen LogP contribution in [0.1, 0.15) is 18.9 Å². The van der Waals surface area contributed by atoms with Gasteiger partial charge in [0, 0.05) is 20.5 Å². The second kappa shape index (κ2) is 4.85. The molecule has 0 atom stereocenters. The third kappa shape index (κ3) is 2.02. The summed E-state index contributed by atoms with van der Waals surface area (Å²) in [6.07, 6.45) is 4.35. The van der Waals surface area contributed by atoms with Gasteiger partial charge < -0.3 is 4.98 Å². The van der Waals surface area contributed by atoms with Crippen LogP contribution in [0.15, 0.2) is 39.4 Å². The Morgan fingerprint density at radius 2 is 2.10 bits per heavy atom. The van der Waals surface area contributed by atoms with Gasteiger partial charge in [-0.1, -0.05) is 29.3 Å². The van der Waals surface area contributed by atoms with Crippen molar-refractivity contribution in [1.82, 2.24) is 14.4 Å². The number of benzene rings is 1. The molecule has 0 saturated carbocycles. The van der Waals surface area contributed by atoms with Crippen LogP contribution in [0, 0.1) is 0 Å². The maximum absolute atomic E-state index is 4.82. The number of aromatic nitrogens is 3. The first-order chi connectivity index (χ1) is 10.2. The average molecular weight is 407 g/mol. The lowest BCUT2D eigenvalue weighted by Gasteiger charge is -2.00. The van der Waals surface area contributed by atoms with Crippen LogP contribution < -0.4 is 0 Å². The predicted octanol–water partition coefficient (Wildman–Crippen LogP) is 5.45. The normalized spacial score (nSPS) is 12.0. The molecule has 1 aromatic carbocycles. The Morgan fingerprint density at radius 3 is 2.90 bits per heavy atom. The van der Waals surface area contributed by atoms with Crippen LogP contribution in [-0.4, -0.2) is 14.4 Å². The molecule has 4 aromatic rings. The monoisotopic (exact) mass is 405 g/mol. The van der Waals surface area contributed by atoms with E-state index in [9.17, 15) is 0 Å². The van der Waals surface area contributed by atoms with Crippen molar-refractivity contribution in [2.75, 3.05) is 0 Å². The van der Waals surface area contributed by atoms with E-state index < -0.39 is 0 Å². The van der Waals surface area contributed by atoms with E-state index >= 15 is 0 Å². The van der Waals surface area contributed by atoms with Gasteiger partial charge in [-0.25, -0.2) is 4.98 Å². The van der Waals surface area contributed by atoms with Gasteiger partial charge in [-0.2, -0.15) is 0 Å². The van der Waals surface area contributed by atoms with Crippen LogP contribution in [-0.2, 0) is 6.42 Å². The fraction of sp³-hybridized carbons (Fsp3) is 0.188. The highest BCUT2D eigenvalue weighted by molar-refractivity contribution is 9.11. The Labute approximate surface area is 138 Å². The van der Waals surface area contributed by atoms with Crippen molar-refractivity contribution in [3.63, 3.8) is 0 Å². The average Bonchev–Trinajstić information content (AvgIpc) is 2.96. The van der Waals surface area contributed by atoms with Crippen LogP contribution in [0.3, 0.4) is 0 Å². The molecule has 0 fully saturated rings. The fourth-order valence-electron chi connectivity index (χ4n) is 2.84. The highest BCUT2D eigenvalue weighted by Crippen LogP contribution is 2.33.